The molecule has 0 spiro atoms. The minimum Gasteiger partial charge on any atom is -0.494 e. The maximum absolute atomic E-state index is 12.8. The monoisotopic (exact) mass is 430 g/mol. The van der Waals surface area contributed by atoms with E-state index in [4.69, 9.17) is 9.47 Å². The number of amides is 1. The Bertz CT molecular complexity index is 1010. The molecule has 0 radical (unpaired) electrons. The summed E-state index contributed by atoms with van der Waals surface area (Å²) in [4.78, 5) is 14.6. The Hall–Kier alpha value is -2.58. The van der Waals surface area contributed by atoms with Gasteiger partial charge in [0.05, 0.1) is 17.2 Å². The van der Waals surface area contributed by atoms with Crippen LogP contribution in [0.25, 0.3) is 0 Å². The Kier molecular flexibility index (Phi) is 5.97. The quantitative estimate of drug-likeness (QED) is 0.728. The van der Waals surface area contributed by atoms with Gasteiger partial charge in [-0.05, 0) is 67.6 Å². The SMILES string of the molecule is CCCOc1ccc(S(=O)(=O)Nc2ccc3c(c2)N(C(=O)C2CCCO2)CC3)cc1. The van der Waals surface area contributed by atoms with Crippen LogP contribution < -0.4 is 14.4 Å². The lowest BCUT2D eigenvalue weighted by molar-refractivity contribution is -0.127. The number of hydrogen-bond acceptors (Lipinski definition) is 5. The number of anilines is 2. The van der Waals surface area contributed by atoms with Gasteiger partial charge < -0.3 is 14.4 Å². The molecule has 0 aliphatic carbocycles. The van der Waals surface area contributed by atoms with Crippen molar-refractivity contribution in [2.24, 2.45) is 0 Å². The molecule has 160 valence electrons. The highest BCUT2D eigenvalue weighted by Gasteiger charge is 2.33. The van der Waals surface area contributed by atoms with E-state index in [1.54, 1.807) is 29.2 Å². The van der Waals surface area contributed by atoms with Gasteiger partial charge in [-0.1, -0.05) is 13.0 Å². The maximum atomic E-state index is 12.8. The fourth-order valence-electron chi connectivity index (χ4n) is 3.77. The summed E-state index contributed by atoms with van der Waals surface area (Å²) in [5, 5.41) is 0. The number of ether oxygens (including phenoxy) is 2. The van der Waals surface area contributed by atoms with E-state index in [1.807, 2.05) is 13.0 Å². The molecule has 4 rings (SSSR count). The smallest absolute Gasteiger partial charge is 0.261 e. The minimum absolute atomic E-state index is 0.0473. The van der Waals surface area contributed by atoms with Crippen molar-refractivity contribution in [1.82, 2.24) is 0 Å². The minimum atomic E-state index is -3.76. The summed E-state index contributed by atoms with van der Waals surface area (Å²) < 4.78 is 39.3. The Morgan fingerprint density at radius 1 is 1.23 bits per heavy atom. The third kappa shape index (κ3) is 4.29. The fourth-order valence-corrected chi connectivity index (χ4v) is 4.82. The van der Waals surface area contributed by atoms with Gasteiger partial charge in [0, 0.05) is 18.8 Å². The molecule has 1 unspecified atom stereocenters. The number of fused-ring (bicyclic) bond motifs is 1. The van der Waals surface area contributed by atoms with Crippen LogP contribution in [0.2, 0.25) is 0 Å². The standard InChI is InChI=1S/C22H26N2O5S/c1-2-13-28-18-7-9-19(10-8-18)30(26,27)23-17-6-5-16-11-12-24(20(16)15-17)22(25)21-4-3-14-29-21/h5-10,15,21,23H,2-4,11-14H2,1H3. The second-order valence-corrected chi connectivity index (χ2v) is 9.19. The van der Waals surface area contributed by atoms with Gasteiger partial charge in [0.1, 0.15) is 11.9 Å². The molecule has 0 saturated carbocycles. The summed E-state index contributed by atoms with van der Waals surface area (Å²) in [5.74, 6) is 0.588. The third-order valence-electron chi connectivity index (χ3n) is 5.31. The zero-order chi connectivity index (χ0) is 21.1. The van der Waals surface area contributed by atoms with Crippen LogP contribution in [0.5, 0.6) is 5.75 Å². The molecule has 2 heterocycles. The average molecular weight is 431 g/mol. The lowest BCUT2D eigenvalue weighted by Gasteiger charge is -2.21. The first-order valence-electron chi connectivity index (χ1n) is 10.3. The van der Waals surface area contributed by atoms with Gasteiger partial charge in [0.15, 0.2) is 0 Å². The third-order valence-corrected chi connectivity index (χ3v) is 6.71. The topological polar surface area (TPSA) is 84.9 Å². The first-order chi connectivity index (χ1) is 14.5. The first-order valence-corrected chi connectivity index (χ1v) is 11.8. The predicted octanol–water partition coefficient (Wildman–Crippen LogP) is 3.34. The highest BCUT2D eigenvalue weighted by atomic mass is 32.2. The summed E-state index contributed by atoms with van der Waals surface area (Å²) in [6.45, 7) is 3.79. The highest BCUT2D eigenvalue weighted by Crippen LogP contribution is 2.33. The number of nitrogens with one attached hydrogen (secondary N) is 1. The van der Waals surface area contributed by atoms with E-state index < -0.39 is 16.1 Å². The molecule has 2 aliphatic rings. The van der Waals surface area contributed by atoms with E-state index in [2.05, 4.69) is 4.72 Å². The van der Waals surface area contributed by atoms with E-state index in [0.29, 0.717) is 31.2 Å². The normalized spacial score (nSPS) is 18.3. The van der Waals surface area contributed by atoms with Gasteiger partial charge in [-0.15, -0.1) is 0 Å². The van der Waals surface area contributed by atoms with Crippen molar-refractivity contribution in [3.63, 3.8) is 0 Å². The van der Waals surface area contributed by atoms with Crippen LogP contribution in [0.15, 0.2) is 47.4 Å². The Morgan fingerprint density at radius 3 is 2.73 bits per heavy atom. The molecule has 2 aliphatic heterocycles. The number of nitrogens with zero attached hydrogens (tertiary/aromatic N) is 1. The van der Waals surface area contributed by atoms with Gasteiger partial charge in [-0.3, -0.25) is 9.52 Å². The number of benzene rings is 2. The van der Waals surface area contributed by atoms with Crippen LogP contribution in [0.3, 0.4) is 0 Å². The largest absolute Gasteiger partial charge is 0.494 e. The number of rotatable bonds is 7. The van der Waals surface area contributed by atoms with Gasteiger partial charge in [0.2, 0.25) is 0 Å². The maximum Gasteiger partial charge on any atom is 0.261 e. The van der Waals surface area contributed by atoms with Crippen LogP contribution in [-0.4, -0.2) is 40.2 Å². The van der Waals surface area contributed by atoms with Crippen molar-refractivity contribution >= 4 is 27.3 Å². The van der Waals surface area contributed by atoms with Crippen LogP contribution >= 0.6 is 0 Å². The van der Waals surface area contributed by atoms with Crippen molar-refractivity contribution < 1.29 is 22.7 Å². The Balaban J connectivity index is 1.51. The summed E-state index contributed by atoms with van der Waals surface area (Å²) >= 11 is 0. The molecule has 1 fully saturated rings. The van der Waals surface area contributed by atoms with Gasteiger partial charge >= 0.3 is 0 Å². The molecular formula is C22H26N2O5S. The summed E-state index contributed by atoms with van der Waals surface area (Å²) in [7, 11) is -3.76. The van der Waals surface area contributed by atoms with Crippen molar-refractivity contribution in [3.05, 3.63) is 48.0 Å². The predicted molar refractivity (Wildman–Crippen MR) is 115 cm³/mol. The highest BCUT2D eigenvalue weighted by molar-refractivity contribution is 7.92. The average Bonchev–Trinajstić information content (AvgIpc) is 3.42. The number of hydrogen-bond donors (Lipinski definition) is 1. The Morgan fingerprint density at radius 2 is 2.03 bits per heavy atom. The van der Waals surface area contributed by atoms with Gasteiger partial charge in [-0.2, -0.15) is 0 Å². The molecule has 0 aromatic heterocycles. The van der Waals surface area contributed by atoms with E-state index in [1.165, 1.54) is 12.1 Å². The zero-order valence-corrected chi connectivity index (χ0v) is 17.8. The summed E-state index contributed by atoms with van der Waals surface area (Å²) in [6, 6.07) is 11.7. The molecule has 1 saturated heterocycles. The molecule has 0 bridgehead atoms. The van der Waals surface area contributed by atoms with E-state index in [0.717, 1.165) is 36.9 Å². The molecule has 8 heteroatoms. The van der Waals surface area contributed by atoms with Crippen molar-refractivity contribution in [3.8, 4) is 5.75 Å². The molecule has 7 nitrogen and oxygen atoms in total. The number of carbonyl (C=O) groups excluding carboxylic acids is 1. The molecule has 1 N–H and O–H groups in total. The van der Waals surface area contributed by atoms with Crippen LogP contribution in [-0.2, 0) is 26.0 Å². The van der Waals surface area contributed by atoms with Gasteiger partial charge in [-0.25, -0.2) is 8.42 Å². The molecular weight excluding hydrogens is 404 g/mol. The number of carbonyl (C=O) groups is 1. The summed E-state index contributed by atoms with van der Waals surface area (Å²) in [6.07, 6.45) is 2.85. The van der Waals surface area contributed by atoms with E-state index >= 15 is 0 Å². The molecule has 30 heavy (non-hydrogen) atoms. The molecule has 2 aromatic carbocycles. The first kappa shape index (κ1) is 20.7. The molecule has 1 amide bonds. The number of sulfonamides is 1. The van der Waals surface area contributed by atoms with E-state index in [9.17, 15) is 13.2 Å². The van der Waals surface area contributed by atoms with Crippen molar-refractivity contribution in [2.75, 3.05) is 29.4 Å². The van der Waals surface area contributed by atoms with Crippen LogP contribution in [0, 0.1) is 0 Å². The molecule has 2 aromatic rings. The zero-order valence-electron chi connectivity index (χ0n) is 17.0. The van der Waals surface area contributed by atoms with Crippen molar-refractivity contribution in [1.29, 1.82) is 0 Å². The lowest BCUT2D eigenvalue weighted by Crippen LogP contribution is -2.37. The fraction of sp³-hybridized carbons (Fsp3) is 0.409. The lowest BCUT2D eigenvalue weighted by atomic mass is 10.1. The van der Waals surface area contributed by atoms with Gasteiger partial charge in [0.25, 0.3) is 15.9 Å². The second kappa shape index (κ2) is 8.65. The van der Waals surface area contributed by atoms with Crippen LogP contribution in [0.4, 0.5) is 11.4 Å². The summed E-state index contributed by atoms with van der Waals surface area (Å²) in [5.41, 5.74) is 2.20. The van der Waals surface area contributed by atoms with E-state index in [-0.39, 0.29) is 10.8 Å². The Labute approximate surface area is 177 Å². The van der Waals surface area contributed by atoms with Crippen LogP contribution in [0.1, 0.15) is 31.7 Å². The molecule has 1 atom stereocenters. The van der Waals surface area contributed by atoms with Crippen molar-refractivity contribution in [2.45, 2.75) is 43.6 Å². The second-order valence-electron chi connectivity index (χ2n) is 7.51.